The Morgan fingerprint density at radius 3 is 2.56 bits per heavy atom. The van der Waals surface area contributed by atoms with Crippen molar-refractivity contribution in [2.75, 3.05) is 27.3 Å². The fraction of sp³-hybridized carbons (Fsp3) is 0.381. The van der Waals surface area contributed by atoms with Crippen molar-refractivity contribution in [1.29, 1.82) is 0 Å². The first-order chi connectivity index (χ1) is 13.0. The summed E-state index contributed by atoms with van der Waals surface area (Å²) in [5, 5.41) is 9.52. The normalized spacial score (nSPS) is 18.7. The highest BCUT2D eigenvalue weighted by atomic mass is 79.9. The summed E-state index contributed by atoms with van der Waals surface area (Å²) < 4.78 is 11.9. The summed E-state index contributed by atoms with van der Waals surface area (Å²) in [4.78, 5) is 13.8. The molecule has 0 aromatic heterocycles. The number of ether oxygens (including phenoxy) is 2. The second-order valence-electron chi connectivity index (χ2n) is 6.73. The molecule has 0 spiro atoms. The van der Waals surface area contributed by atoms with Gasteiger partial charge in [-0.2, -0.15) is 0 Å². The minimum atomic E-state index is -0.727. The van der Waals surface area contributed by atoms with E-state index in [0.717, 1.165) is 46.5 Å². The Balaban J connectivity index is 2.06. The molecule has 0 aliphatic carbocycles. The highest BCUT2D eigenvalue weighted by Crippen LogP contribution is 2.39. The molecular weight excluding hydrogens is 410 g/mol. The Labute approximate surface area is 168 Å². The molecule has 5 nitrogen and oxygen atoms in total. The van der Waals surface area contributed by atoms with E-state index in [9.17, 15) is 9.90 Å². The lowest BCUT2D eigenvalue weighted by atomic mass is 9.91. The SMILES string of the molecule is COc1ccc(C(c2cc(Br)ccc2OC)N2CCCC(C(=O)O)C2)cc1. The van der Waals surface area contributed by atoms with Crippen LogP contribution in [0, 0.1) is 5.92 Å². The van der Waals surface area contributed by atoms with Gasteiger partial charge in [0.05, 0.1) is 26.2 Å². The van der Waals surface area contributed by atoms with Gasteiger partial charge in [0.1, 0.15) is 11.5 Å². The van der Waals surface area contributed by atoms with Crippen LogP contribution in [0.2, 0.25) is 0 Å². The summed E-state index contributed by atoms with van der Waals surface area (Å²) in [7, 11) is 3.31. The average molecular weight is 434 g/mol. The van der Waals surface area contributed by atoms with Crippen molar-refractivity contribution >= 4 is 21.9 Å². The molecule has 1 saturated heterocycles. The van der Waals surface area contributed by atoms with Gasteiger partial charge in [0.2, 0.25) is 0 Å². The lowest BCUT2D eigenvalue weighted by Crippen LogP contribution is -2.41. The first-order valence-corrected chi connectivity index (χ1v) is 9.77. The number of halogens is 1. The molecule has 3 rings (SSSR count). The van der Waals surface area contributed by atoms with Gasteiger partial charge in [0.15, 0.2) is 0 Å². The summed E-state index contributed by atoms with van der Waals surface area (Å²) in [6.07, 6.45) is 1.58. The van der Waals surface area contributed by atoms with Crippen molar-refractivity contribution in [3.05, 3.63) is 58.1 Å². The van der Waals surface area contributed by atoms with E-state index in [-0.39, 0.29) is 12.0 Å². The molecule has 1 heterocycles. The molecule has 27 heavy (non-hydrogen) atoms. The fourth-order valence-electron chi connectivity index (χ4n) is 3.73. The van der Waals surface area contributed by atoms with E-state index >= 15 is 0 Å². The van der Waals surface area contributed by atoms with Crippen molar-refractivity contribution < 1.29 is 19.4 Å². The van der Waals surface area contributed by atoms with Gasteiger partial charge in [0, 0.05) is 16.6 Å². The largest absolute Gasteiger partial charge is 0.497 e. The third kappa shape index (κ3) is 4.45. The average Bonchev–Trinajstić information content (AvgIpc) is 2.69. The van der Waals surface area contributed by atoms with Crippen molar-refractivity contribution in [2.24, 2.45) is 5.92 Å². The number of piperidine rings is 1. The molecule has 0 bridgehead atoms. The number of carboxylic acids is 1. The molecule has 6 heteroatoms. The predicted molar refractivity (Wildman–Crippen MR) is 107 cm³/mol. The van der Waals surface area contributed by atoms with Crippen molar-refractivity contribution in [3.8, 4) is 11.5 Å². The Hall–Kier alpha value is -2.05. The Morgan fingerprint density at radius 1 is 1.19 bits per heavy atom. The zero-order chi connectivity index (χ0) is 19.4. The number of carboxylic acid groups (broad SMARTS) is 1. The van der Waals surface area contributed by atoms with Crippen LogP contribution in [-0.4, -0.2) is 43.3 Å². The van der Waals surface area contributed by atoms with E-state index < -0.39 is 5.97 Å². The summed E-state index contributed by atoms with van der Waals surface area (Å²) in [6, 6.07) is 13.8. The number of nitrogens with zero attached hydrogens (tertiary/aromatic N) is 1. The van der Waals surface area contributed by atoms with Crippen LogP contribution in [0.25, 0.3) is 0 Å². The molecule has 2 unspecified atom stereocenters. The molecule has 0 radical (unpaired) electrons. The molecule has 2 aromatic carbocycles. The van der Waals surface area contributed by atoms with Gasteiger partial charge in [-0.15, -0.1) is 0 Å². The molecule has 1 fully saturated rings. The maximum atomic E-state index is 11.6. The van der Waals surface area contributed by atoms with Crippen LogP contribution >= 0.6 is 15.9 Å². The van der Waals surface area contributed by atoms with Crippen LogP contribution in [0.3, 0.4) is 0 Å². The minimum absolute atomic E-state index is 0.0921. The number of methoxy groups -OCH3 is 2. The van der Waals surface area contributed by atoms with E-state index in [0.29, 0.717) is 6.54 Å². The quantitative estimate of drug-likeness (QED) is 0.733. The first-order valence-electron chi connectivity index (χ1n) is 8.97. The Kier molecular flexibility index (Phi) is 6.39. The predicted octanol–water partition coefficient (Wildman–Crippen LogP) is 4.35. The monoisotopic (exact) mass is 433 g/mol. The number of aliphatic carboxylic acids is 1. The van der Waals surface area contributed by atoms with Crippen LogP contribution in [-0.2, 0) is 4.79 Å². The molecule has 1 aliphatic heterocycles. The number of likely N-dealkylation sites (tertiary alicyclic amines) is 1. The number of rotatable bonds is 6. The van der Waals surface area contributed by atoms with Gasteiger partial charge in [-0.3, -0.25) is 9.69 Å². The number of hydrogen-bond acceptors (Lipinski definition) is 4. The van der Waals surface area contributed by atoms with E-state index in [1.54, 1.807) is 14.2 Å². The van der Waals surface area contributed by atoms with Crippen LogP contribution < -0.4 is 9.47 Å². The zero-order valence-electron chi connectivity index (χ0n) is 15.5. The lowest BCUT2D eigenvalue weighted by Gasteiger charge is -2.38. The standard InChI is InChI=1S/C21H24BrNO4/c1-26-17-8-5-14(6-9-17)20(18-12-16(22)7-10-19(18)27-2)23-11-3-4-15(13-23)21(24)25/h5-10,12,15,20H,3-4,11,13H2,1-2H3,(H,24,25). The highest BCUT2D eigenvalue weighted by Gasteiger charge is 2.32. The third-order valence-electron chi connectivity index (χ3n) is 5.09. The van der Waals surface area contributed by atoms with E-state index in [2.05, 4.69) is 26.9 Å². The maximum Gasteiger partial charge on any atom is 0.307 e. The first kappa shape index (κ1) is 19.7. The van der Waals surface area contributed by atoms with E-state index in [1.807, 2.05) is 36.4 Å². The van der Waals surface area contributed by atoms with Crippen molar-refractivity contribution in [1.82, 2.24) is 4.90 Å². The minimum Gasteiger partial charge on any atom is -0.497 e. The number of benzene rings is 2. The molecule has 144 valence electrons. The van der Waals surface area contributed by atoms with Crippen molar-refractivity contribution in [3.63, 3.8) is 0 Å². The summed E-state index contributed by atoms with van der Waals surface area (Å²) in [6.45, 7) is 1.36. The Bertz CT molecular complexity index is 793. The van der Waals surface area contributed by atoms with E-state index in [4.69, 9.17) is 9.47 Å². The summed E-state index contributed by atoms with van der Waals surface area (Å²) in [5.74, 6) is 0.504. The van der Waals surface area contributed by atoms with Crippen LogP contribution in [0.5, 0.6) is 11.5 Å². The smallest absolute Gasteiger partial charge is 0.307 e. The molecular formula is C21H24BrNO4. The third-order valence-corrected chi connectivity index (χ3v) is 5.58. The molecule has 2 atom stereocenters. The van der Waals surface area contributed by atoms with Gasteiger partial charge < -0.3 is 14.6 Å². The number of carbonyl (C=O) groups is 1. The van der Waals surface area contributed by atoms with Gasteiger partial charge in [0.25, 0.3) is 0 Å². The summed E-state index contributed by atoms with van der Waals surface area (Å²) in [5.41, 5.74) is 2.10. The molecule has 0 saturated carbocycles. The number of hydrogen-bond donors (Lipinski definition) is 1. The molecule has 2 aromatic rings. The highest BCUT2D eigenvalue weighted by molar-refractivity contribution is 9.10. The second kappa shape index (κ2) is 8.76. The van der Waals surface area contributed by atoms with Crippen LogP contribution in [0.15, 0.2) is 46.9 Å². The van der Waals surface area contributed by atoms with Crippen LogP contribution in [0.1, 0.15) is 30.0 Å². The van der Waals surface area contributed by atoms with Crippen molar-refractivity contribution in [2.45, 2.75) is 18.9 Å². The van der Waals surface area contributed by atoms with Crippen LogP contribution in [0.4, 0.5) is 0 Å². The lowest BCUT2D eigenvalue weighted by molar-refractivity contribution is -0.143. The second-order valence-corrected chi connectivity index (χ2v) is 7.65. The van der Waals surface area contributed by atoms with E-state index in [1.165, 1.54) is 0 Å². The molecule has 1 N–H and O–H groups in total. The zero-order valence-corrected chi connectivity index (χ0v) is 17.1. The molecule has 1 aliphatic rings. The van der Waals surface area contributed by atoms with Gasteiger partial charge in [-0.05, 0) is 55.3 Å². The van der Waals surface area contributed by atoms with Gasteiger partial charge >= 0.3 is 5.97 Å². The van der Waals surface area contributed by atoms with Gasteiger partial charge in [-0.1, -0.05) is 28.1 Å². The van der Waals surface area contributed by atoms with Gasteiger partial charge in [-0.25, -0.2) is 0 Å². The fourth-order valence-corrected chi connectivity index (χ4v) is 4.11. The molecule has 0 amide bonds. The maximum absolute atomic E-state index is 11.6. The summed E-state index contributed by atoms with van der Waals surface area (Å²) >= 11 is 3.56. The Morgan fingerprint density at radius 2 is 1.93 bits per heavy atom. The topological polar surface area (TPSA) is 59.0 Å².